The molecule has 0 spiro atoms. The number of nitrogens with two attached hydrogens (primary N) is 1. The smallest absolute Gasteiger partial charge is 0.264 e. The number of carbonyl (C=O) groups is 2. The number of piperidine rings is 1. The van der Waals surface area contributed by atoms with E-state index in [1.807, 2.05) is 16.3 Å². The molecule has 1 atom stereocenters. The first-order valence-corrected chi connectivity index (χ1v) is 7.80. The van der Waals surface area contributed by atoms with Gasteiger partial charge in [0.2, 0.25) is 5.91 Å². The molecule has 0 radical (unpaired) electrons. The van der Waals surface area contributed by atoms with E-state index < -0.39 is 0 Å². The zero-order valence-corrected chi connectivity index (χ0v) is 12.6. The first-order valence-electron chi connectivity index (χ1n) is 6.92. The second-order valence-corrected chi connectivity index (χ2v) is 6.06. The van der Waals surface area contributed by atoms with Gasteiger partial charge in [-0.1, -0.05) is 6.07 Å². The Morgan fingerprint density at radius 3 is 2.95 bits per heavy atom. The van der Waals surface area contributed by atoms with Crippen molar-refractivity contribution in [1.82, 2.24) is 9.80 Å². The molecule has 5 nitrogen and oxygen atoms in total. The minimum Gasteiger partial charge on any atom is -0.337 e. The second-order valence-electron chi connectivity index (χ2n) is 5.11. The average Bonchev–Trinajstić information content (AvgIpc) is 3.00. The molecular weight excluding hydrogens is 274 g/mol. The van der Waals surface area contributed by atoms with E-state index in [-0.39, 0.29) is 24.4 Å². The summed E-state index contributed by atoms with van der Waals surface area (Å²) in [6.07, 6.45) is 3.10. The summed E-state index contributed by atoms with van der Waals surface area (Å²) in [5.74, 6) is -0.109. The Labute approximate surface area is 123 Å². The van der Waals surface area contributed by atoms with Crippen LogP contribution in [0.25, 0.3) is 0 Å². The number of likely N-dealkylation sites (tertiary alicyclic amines) is 1. The summed E-state index contributed by atoms with van der Waals surface area (Å²) in [5.41, 5.74) is 5.73. The topological polar surface area (TPSA) is 66.6 Å². The predicted octanol–water partition coefficient (Wildman–Crippen LogP) is 1.16. The SMILES string of the molecule is CN(CC(=O)N1CCCCC1CN)C(=O)c1cccs1. The Morgan fingerprint density at radius 2 is 2.30 bits per heavy atom. The van der Waals surface area contributed by atoms with Gasteiger partial charge in [0.1, 0.15) is 0 Å². The van der Waals surface area contributed by atoms with Gasteiger partial charge in [-0.2, -0.15) is 0 Å². The minimum atomic E-state index is -0.102. The molecule has 2 heterocycles. The number of carbonyl (C=O) groups excluding carboxylic acids is 2. The molecule has 1 unspecified atom stereocenters. The Kier molecular flexibility index (Phi) is 5.14. The molecule has 2 rings (SSSR count). The monoisotopic (exact) mass is 295 g/mol. The summed E-state index contributed by atoms with van der Waals surface area (Å²) >= 11 is 1.39. The van der Waals surface area contributed by atoms with E-state index in [9.17, 15) is 9.59 Å². The van der Waals surface area contributed by atoms with E-state index >= 15 is 0 Å². The van der Waals surface area contributed by atoms with Crippen molar-refractivity contribution in [3.63, 3.8) is 0 Å². The van der Waals surface area contributed by atoms with Crippen molar-refractivity contribution in [3.8, 4) is 0 Å². The third-order valence-electron chi connectivity index (χ3n) is 3.67. The molecular formula is C14H21N3O2S. The fourth-order valence-electron chi connectivity index (χ4n) is 2.53. The van der Waals surface area contributed by atoms with Gasteiger partial charge in [-0.3, -0.25) is 9.59 Å². The van der Waals surface area contributed by atoms with Crippen LogP contribution >= 0.6 is 11.3 Å². The van der Waals surface area contributed by atoms with E-state index in [0.717, 1.165) is 25.8 Å². The van der Waals surface area contributed by atoms with E-state index in [2.05, 4.69) is 0 Å². The summed E-state index contributed by atoms with van der Waals surface area (Å²) in [4.78, 5) is 28.4. The summed E-state index contributed by atoms with van der Waals surface area (Å²) in [6, 6.07) is 3.74. The van der Waals surface area contributed by atoms with Crippen LogP contribution in [0.5, 0.6) is 0 Å². The highest BCUT2D eigenvalue weighted by molar-refractivity contribution is 7.12. The zero-order valence-electron chi connectivity index (χ0n) is 11.7. The van der Waals surface area contributed by atoms with Gasteiger partial charge in [-0.05, 0) is 30.7 Å². The maximum absolute atomic E-state index is 12.3. The standard InChI is InChI=1S/C14H21N3O2S/c1-16(14(19)12-6-4-8-20-12)10-13(18)17-7-3-2-5-11(17)9-15/h4,6,8,11H,2-3,5,7,9-10,15H2,1H3. The van der Waals surface area contributed by atoms with Crippen molar-refractivity contribution in [2.24, 2.45) is 5.73 Å². The first kappa shape index (κ1) is 15.0. The maximum atomic E-state index is 12.3. The lowest BCUT2D eigenvalue weighted by Gasteiger charge is -2.36. The molecule has 1 aromatic heterocycles. The quantitative estimate of drug-likeness (QED) is 0.906. The summed E-state index contributed by atoms with van der Waals surface area (Å²) in [7, 11) is 1.67. The van der Waals surface area contributed by atoms with Crippen LogP contribution in [0.1, 0.15) is 28.9 Å². The Balaban J connectivity index is 1.94. The Hall–Kier alpha value is -1.40. The highest BCUT2D eigenvalue weighted by atomic mass is 32.1. The van der Waals surface area contributed by atoms with Crippen LogP contribution in [0.4, 0.5) is 0 Å². The number of hydrogen-bond donors (Lipinski definition) is 1. The first-order chi connectivity index (χ1) is 9.63. The van der Waals surface area contributed by atoms with E-state index in [4.69, 9.17) is 5.73 Å². The van der Waals surface area contributed by atoms with Crippen molar-refractivity contribution >= 4 is 23.2 Å². The lowest BCUT2D eigenvalue weighted by molar-refractivity contribution is -0.135. The van der Waals surface area contributed by atoms with Crippen LogP contribution in [-0.2, 0) is 4.79 Å². The molecule has 2 amide bonds. The third kappa shape index (κ3) is 3.37. The largest absolute Gasteiger partial charge is 0.337 e. The highest BCUT2D eigenvalue weighted by Gasteiger charge is 2.27. The average molecular weight is 295 g/mol. The van der Waals surface area contributed by atoms with Crippen LogP contribution in [0, 0.1) is 0 Å². The van der Waals surface area contributed by atoms with Crippen molar-refractivity contribution in [3.05, 3.63) is 22.4 Å². The van der Waals surface area contributed by atoms with Gasteiger partial charge in [0, 0.05) is 26.2 Å². The number of amides is 2. The molecule has 1 aromatic rings. The lowest BCUT2D eigenvalue weighted by Crippen LogP contribution is -2.50. The molecule has 20 heavy (non-hydrogen) atoms. The summed E-state index contributed by atoms with van der Waals surface area (Å²) in [6.45, 7) is 1.36. The number of thiophene rings is 1. The van der Waals surface area contributed by atoms with Crippen molar-refractivity contribution in [2.75, 3.05) is 26.7 Å². The zero-order chi connectivity index (χ0) is 14.5. The number of hydrogen-bond acceptors (Lipinski definition) is 4. The molecule has 0 aromatic carbocycles. The van der Waals surface area contributed by atoms with Crippen molar-refractivity contribution < 1.29 is 9.59 Å². The van der Waals surface area contributed by atoms with Crippen molar-refractivity contribution in [1.29, 1.82) is 0 Å². The molecule has 6 heteroatoms. The molecule has 0 aliphatic carbocycles. The highest BCUT2D eigenvalue weighted by Crippen LogP contribution is 2.17. The Bertz CT molecular complexity index is 461. The van der Waals surface area contributed by atoms with Gasteiger partial charge in [0.25, 0.3) is 5.91 Å². The Morgan fingerprint density at radius 1 is 1.50 bits per heavy atom. The normalized spacial score (nSPS) is 18.9. The number of rotatable bonds is 4. The minimum absolute atomic E-state index is 0.00689. The van der Waals surface area contributed by atoms with Crippen LogP contribution in [0.2, 0.25) is 0 Å². The van der Waals surface area contributed by atoms with E-state index in [1.165, 1.54) is 16.2 Å². The van der Waals surface area contributed by atoms with E-state index in [0.29, 0.717) is 11.4 Å². The summed E-state index contributed by atoms with van der Waals surface area (Å²) < 4.78 is 0. The van der Waals surface area contributed by atoms with Crippen LogP contribution in [-0.4, -0.2) is 54.3 Å². The second kappa shape index (κ2) is 6.85. The lowest BCUT2D eigenvalue weighted by atomic mass is 10.0. The molecule has 1 saturated heterocycles. The molecule has 110 valence electrons. The summed E-state index contributed by atoms with van der Waals surface area (Å²) in [5, 5.41) is 1.86. The molecule has 1 aliphatic heterocycles. The van der Waals surface area contributed by atoms with E-state index in [1.54, 1.807) is 13.1 Å². The molecule has 1 aliphatic rings. The van der Waals surface area contributed by atoms with Crippen LogP contribution in [0.15, 0.2) is 17.5 Å². The van der Waals surface area contributed by atoms with Gasteiger partial charge < -0.3 is 15.5 Å². The van der Waals surface area contributed by atoms with Crippen molar-refractivity contribution in [2.45, 2.75) is 25.3 Å². The maximum Gasteiger partial charge on any atom is 0.264 e. The predicted molar refractivity (Wildman–Crippen MR) is 79.7 cm³/mol. The van der Waals surface area contributed by atoms with Gasteiger partial charge in [-0.15, -0.1) is 11.3 Å². The molecule has 1 fully saturated rings. The van der Waals surface area contributed by atoms with Gasteiger partial charge in [0.05, 0.1) is 11.4 Å². The van der Waals surface area contributed by atoms with Gasteiger partial charge in [-0.25, -0.2) is 0 Å². The molecule has 0 saturated carbocycles. The number of likely N-dealkylation sites (N-methyl/N-ethyl adjacent to an activating group) is 1. The third-order valence-corrected chi connectivity index (χ3v) is 4.53. The van der Waals surface area contributed by atoms with Crippen LogP contribution < -0.4 is 5.73 Å². The molecule has 0 bridgehead atoms. The molecule has 2 N–H and O–H groups in total. The van der Waals surface area contributed by atoms with Gasteiger partial charge in [0.15, 0.2) is 0 Å². The van der Waals surface area contributed by atoms with Gasteiger partial charge >= 0.3 is 0 Å². The fraction of sp³-hybridized carbons (Fsp3) is 0.571. The fourth-order valence-corrected chi connectivity index (χ4v) is 3.25. The number of nitrogens with zero attached hydrogens (tertiary/aromatic N) is 2. The van der Waals surface area contributed by atoms with Crippen LogP contribution in [0.3, 0.4) is 0 Å².